The molecule has 0 amide bonds. The molecule has 0 N–H and O–H groups in total. The molecule has 0 aliphatic carbocycles. The van der Waals surface area contributed by atoms with Crippen LogP contribution in [0.4, 0.5) is 0 Å². The predicted octanol–water partition coefficient (Wildman–Crippen LogP) is 8.65. The molecule has 0 unspecified atom stereocenters. The van der Waals surface area contributed by atoms with E-state index in [1.54, 1.807) is 49.4 Å². The minimum atomic E-state index is -0.456. The van der Waals surface area contributed by atoms with Gasteiger partial charge in [0.2, 0.25) is 6.79 Å². The van der Waals surface area contributed by atoms with Gasteiger partial charge in [-0.1, -0.05) is 32.8 Å². The van der Waals surface area contributed by atoms with Crippen LogP contribution in [0.1, 0.15) is 81.1 Å². The summed E-state index contributed by atoms with van der Waals surface area (Å²) in [4.78, 5) is 24.1. The summed E-state index contributed by atoms with van der Waals surface area (Å²) in [6.45, 7) is 11.0. The van der Waals surface area contributed by atoms with Gasteiger partial charge in [-0.15, -0.1) is 0 Å². The van der Waals surface area contributed by atoms with Crippen LogP contribution in [0.15, 0.2) is 78.9 Å². The van der Waals surface area contributed by atoms with Crippen LogP contribution in [-0.2, 0) is 9.53 Å². The van der Waals surface area contributed by atoms with E-state index in [1.165, 1.54) is 19.3 Å². The fourth-order valence-corrected chi connectivity index (χ4v) is 4.22. The molecule has 0 aromatic heterocycles. The van der Waals surface area contributed by atoms with E-state index in [9.17, 15) is 9.59 Å². The molecule has 0 aliphatic heterocycles. The number of hydrogen-bond acceptors (Lipinski definition) is 8. The van der Waals surface area contributed by atoms with Crippen LogP contribution >= 0.6 is 0 Å². The maximum Gasteiger partial charge on any atom is 0.343 e. The second-order valence-corrected chi connectivity index (χ2v) is 10.8. The first kappa shape index (κ1) is 35.0. The molecule has 0 saturated carbocycles. The van der Waals surface area contributed by atoms with Gasteiger partial charge in [-0.25, -0.2) is 9.59 Å². The van der Waals surface area contributed by atoms with E-state index < -0.39 is 5.97 Å². The third-order valence-electron chi connectivity index (χ3n) is 6.87. The average molecular weight is 619 g/mol. The number of carbonyl (C=O) groups is 2. The highest BCUT2D eigenvalue weighted by Gasteiger charge is 2.12. The lowest BCUT2D eigenvalue weighted by molar-refractivity contribution is -0.139. The van der Waals surface area contributed by atoms with Crippen LogP contribution in [0.25, 0.3) is 0 Å². The van der Waals surface area contributed by atoms with Crippen molar-refractivity contribution in [3.8, 4) is 28.7 Å². The number of benzene rings is 3. The van der Waals surface area contributed by atoms with Crippen molar-refractivity contribution in [3.05, 3.63) is 90.0 Å². The van der Waals surface area contributed by atoms with Crippen LogP contribution < -0.4 is 23.7 Å². The number of aryl methyl sites for hydroxylation is 1. The zero-order valence-corrected chi connectivity index (χ0v) is 26.8. The smallest absolute Gasteiger partial charge is 0.343 e. The van der Waals surface area contributed by atoms with E-state index in [2.05, 4.69) is 13.5 Å². The van der Waals surface area contributed by atoms with Crippen LogP contribution in [0.5, 0.6) is 28.7 Å². The highest BCUT2D eigenvalue weighted by atomic mass is 16.7. The highest BCUT2D eigenvalue weighted by Crippen LogP contribution is 2.25. The van der Waals surface area contributed by atoms with Crippen LogP contribution in [-0.4, -0.2) is 38.6 Å². The third-order valence-corrected chi connectivity index (χ3v) is 6.87. The number of unbranched alkanes of at least 4 members (excludes halogenated alkanes) is 6. The molecule has 0 saturated heterocycles. The summed E-state index contributed by atoms with van der Waals surface area (Å²) in [5, 5.41) is 0. The van der Waals surface area contributed by atoms with E-state index in [0.29, 0.717) is 47.3 Å². The van der Waals surface area contributed by atoms with Crippen molar-refractivity contribution < 1.29 is 38.0 Å². The highest BCUT2D eigenvalue weighted by molar-refractivity contribution is 5.91. The Hall–Kier alpha value is -4.46. The Morgan fingerprint density at radius 3 is 1.73 bits per heavy atom. The Bertz CT molecular complexity index is 1330. The van der Waals surface area contributed by atoms with E-state index in [0.717, 1.165) is 50.0 Å². The van der Waals surface area contributed by atoms with Gasteiger partial charge < -0.3 is 28.4 Å². The number of ether oxygens (including phenoxy) is 6. The molecule has 0 spiro atoms. The topological polar surface area (TPSA) is 89.5 Å². The van der Waals surface area contributed by atoms with Crippen LogP contribution in [0.2, 0.25) is 0 Å². The number of carbonyl (C=O) groups excluding carboxylic acids is 2. The van der Waals surface area contributed by atoms with E-state index in [-0.39, 0.29) is 12.8 Å². The largest absolute Gasteiger partial charge is 0.494 e. The molecule has 3 rings (SSSR count). The second kappa shape index (κ2) is 19.7. The lowest BCUT2D eigenvalue weighted by Crippen LogP contribution is -2.10. The summed E-state index contributed by atoms with van der Waals surface area (Å²) in [5.41, 5.74) is 1.60. The Kier molecular flexibility index (Phi) is 15.4. The van der Waals surface area contributed by atoms with E-state index in [4.69, 9.17) is 28.4 Å². The molecule has 0 atom stereocenters. The van der Waals surface area contributed by atoms with Crippen molar-refractivity contribution in [1.82, 2.24) is 0 Å². The van der Waals surface area contributed by atoms with Gasteiger partial charge in [-0.05, 0) is 118 Å². The fourth-order valence-electron chi connectivity index (χ4n) is 4.22. The van der Waals surface area contributed by atoms with Crippen molar-refractivity contribution in [2.45, 2.75) is 72.1 Å². The van der Waals surface area contributed by atoms with Gasteiger partial charge in [-0.2, -0.15) is 0 Å². The summed E-state index contributed by atoms with van der Waals surface area (Å²) in [6, 6.07) is 19.6. The minimum absolute atomic E-state index is 0.0389. The summed E-state index contributed by atoms with van der Waals surface area (Å²) >= 11 is 0. The normalized spacial score (nSPS) is 10.6. The van der Waals surface area contributed by atoms with Gasteiger partial charge in [0.15, 0.2) is 0 Å². The Morgan fingerprint density at radius 1 is 0.644 bits per heavy atom. The van der Waals surface area contributed by atoms with E-state index in [1.807, 2.05) is 31.2 Å². The van der Waals surface area contributed by atoms with Gasteiger partial charge in [0, 0.05) is 5.57 Å². The van der Waals surface area contributed by atoms with Gasteiger partial charge in [0.25, 0.3) is 0 Å². The van der Waals surface area contributed by atoms with Crippen molar-refractivity contribution in [2.24, 2.45) is 0 Å². The Balaban J connectivity index is 1.33. The van der Waals surface area contributed by atoms with Crippen molar-refractivity contribution in [1.29, 1.82) is 0 Å². The molecule has 3 aromatic carbocycles. The van der Waals surface area contributed by atoms with Gasteiger partial charge >= 0.3 is 11.9 Å². The first-order valence-corrected chi connectivity index (χ1v) is 15.7. The predicted molar refractivity (Wildman–Crippen MR) is 175 cm³/mol. The number of hydrogen-bond donors (Lipinski definition) is 0. The fraction of sp³-hybridized carbons (Fsp3) is 0.405. The van der Waals surface area contributed by atoms with Crippen molar-refractivity contribution in [3.63, 3.8) is 0 Å². The first-order chi connectivity index (χ1) is 21.9. The van der Waals surface area contributed by atoms with Gasteiger partial charge in [0.1, 0.15) is 28.7 Å². The lowest BCUT2D eigenvalue weighted by Gasteiger charge is -2.12. The summed E-state index contributed by atoms with van der Waals surface area (Å²) < 4.78 is 33.7. The number of esters is 2. The first-order valence-electron chi connectivity index (χ1n) is 15.7. The minimum Gasteiger partial charge on any atom is -0.494 e. The van der Waals surface area contributed by atoms with Gasteiger partial charge in [-0.3, -0.25) is 0 Å². The van der Waals surface area contributed by atoms with Crippen LogP contribution in [0, 0.1) is 6.92 Å². The molecule has 0 aliphatic rings. The summed E-state index contributed by atoms with van der Waals surface area (Å²) in [5.74, 6) is 2.45. The molecule has 0 heterocycles. The SMILES string of the molecule is C=C(C)C(=O)OCCCCCCOc1ccc(C(=O)Oc2ccc(OCOc3ccc(OCCCCCC)cc3)cc2C)cc1. The molecule has 0 bridgehead atoms. The lowest BCUT2D eigenvalue weighted by atomic mass is 10.2. The molecule has 3 aromatic rings. The maximum atomic E-state index is 12.7. The Labute approximate surface area is 267 Å². The molecule has 45 heavy (non-hydrogen) atoms. The monoisotopic (exact) mass is 618 g/mol. The number of rotatable bonds is 21. The molecule has 242 valence electrons. The zero-order valence-electron chi connectivity index (χ0n) is 26.8. The van der Waals surface area contributed by atoms with Crippen molar-refractivity contribution >= 4 is 11.9 Å². The van der Waals surface area contributed by atoms with E-state index >= 15 is 0 Å². The quantitative estimate of drug-likeness (QED) is 0.0385. The summed E-state index contributed by atoms with van der Waals surface area (Å²) in [6.07, 6.45) is 8.29. The molecule has 0 fully saturated rings. The molecular weight excluding hydrogens is 572 g/mol. The van der Waals surface area contributed by atoms with Gasteiger partial charge in [0.05, 0.1) is 25.4 Å². The van der Waals surface area contributed by atoms with Crippen molar-refractivity contribution in [2.75, 3.05) is 26.6 Å². The third kappa shape index (κ3) is 13.4. The zero-order chi connectivity index (χ0) is 32.3. The molecule has 0 radical (unpaired) electrons. The van der Waals surface area contributed by atoms with Crippen LogP contribution in [0.3, 0.4) is 0 Å². The molecular formula is C37H46O8. The average Bonchev–Trinajstić information content (AvgIpc) is 3.04. The molecule has 8 heteroatoms. The Morgan fingerprint density at radius 2 is 1.16 bits per heavy atom. The molecule has 8 nitrogen and oxygen atoms in total. The summed E-state index contributed by atoms with van der Waals surface area (Å²) in [7, 11) is 0. The maximum absolute atomic E-state index is 12.7. The standard InChI is InChI=1S/C37H46O8/c1-5-6-7-10-23-41-32-17-19-33(20-18-32)43-27-44-34-21-22-35(29(4)26-34)45-37(39)30-13-15-31(16-14-30)40-24-11-8-9-12-25-42-36(38)28(2)3/h13-22,26H,2,5-12,23-25,27H2,1,3-4H3. The second-order valence-electron chi connectivity index (χ2n) is 10.8.